The van der Waals surface area contributed by atoms with Crippen LogP contribution in [-0.2, 0) is 0 Å². The summed E-state index contributed by atoms with van der Waals surface area (Å²) in [7, 11) is 0. The molecule has 1 aromatic heterocycles. The maximum Gasteiger partial charge on any atom is 0.132 e. The van der Waals surface area contributed by atoms with Crippen LogP contribution in [0.4, 0.5) is 10.1 Å². The lowest BCUT2D eigenvalue weighted by Gasteiger charge is -2.16. The average Bonchev–Trinajstić information content (AvgIpc) is 2.37. The number of nitrogens with one attached hydrogen (secondary N) is 1. The summed E-state index contributed by atoms with van der Waals surface area (Å²) in [5.41, 5.74) is 3.33. The molecule has 2 nitrogen and oxygen atoms in total. The first-order valence-corrected chi connectivity index (χ1v) is 6.50. The average molecular weight is 279 g/mol. The monoisotopic (exact) mass is 278 g/mol. The quantitative estimate of drug-likeness (QED) is 0.826. The van der Waals surface area contributed by atoms with Crippen molar-refractivity contribution in [2.75, 3.05) is 5.32 Å². The van der Waals surface area contributed by atoms with Crippen molar-refractivity contribution in [2.45, 2.75) is 26.8 Å². The van der Waals surface area contributed by atoms with Gasteiger partial charge >= 0.3 is 0 Å². The van der Waals surface area contributed by atoms with Crippen molar-refractivity contribution < 1.29 is 4.39 Å². The van der Waals surface area contributed by atoms with Gasteiger partial charge in [0.15, 0.2) is 0 Å². The summed E-state index contributed by atoms with van der Waals surface area (Å²) in [4.78, 5) is 4.09. The first-order valence-electron chi connectivity index (χ1n) is 6.12. The molecule has 0 aliphatic heterocycles. The Bertz CT molecular complexity index is 599. The Morgan fingerprint density at radius 2 is 1.95 bits per heavy atom. The number of aryl methyl sites for hydroxylation is 2. The smallest absolute Gasteiger partial charge is 0.132 e. The van der Waals surface area contributed by atoms with Crippen molar-refractivity contribution in [1.29, 1.82) is 0 Å². The standard InChI is InChI=1S/C15H16ClFN2/c1-9-4-5-12(7-14(9)17)11(3)19-13-6-10(2)15(16)18-8-13/h4-8,11,19H,1-3H3. The van der Waals surface area contributed by atoms with Crippen molar-refractivity contribution in [3.63, 3.8) is 0 Å². The minimum atomic E-state index is -0.184. The van der Waals surface area contributed by atoms with Crippen LogP contribution in [0.2, 0.25) is 5.15 Å². The number of benzene rings is 1. The number of rotatable bonds is 3. The van der Waals surface area contributed by atoms with Gasteiger partial charge in [-0.15, -0.1) is 0 Å². The third-order valence-corrected chi connectivity index (χ3v) is 3.49. The second-order valence-electron chi connectivity index (χ2n) is 4.71. The number of anilines is 1. The molecule has 0 amide bonds. The van der Waals surface area contributed by atoms with Crippen LogP contribution in [0.25, 0.3) is 0 Å². The molecular weight excluding hydrogens is 263 g/mol. The second kappa shape index (κ2) is 5.57. The third-order valence-electron chi connectivity index (χ3n) is 3.09. The molecule has 1 aromatic carbocycles. The first kappa shape index (κ1) is 13.8. The lowest BCUT2D eigenvalue weighted by molar-refractivity contribution is 0.614. The molecule has 2 aromatic rings. The van der Waals surface area contributed by atoms with Gasteiger partial charge in [-0.25, -0.2) is 9.37 Å². The van der Waals surface area contributed by atoms with Gasteiger partial charge in [-0.3, -0.25) is 0 Å². The predicted octanol–water partition coefficient (Wildman–Crippen LogP) is 4.66. The number of nitrogens with zero attached hydrogens (tertiary/aromatic N) is 1. The van der Waals surface area contributed by atoms with E-state index in [9.17, 15) is 4.39 Å². The SMILES string of the molecule is Cc1ccc(C(C)Nc2cnc(Cl)c(C)c2)cc1F. The van der Waals surface area contributed by atoms with Gasteiger partial charge < -0.3 is 5.32 Å². The molecule has 0 fully saturated rings. The van der Waals surface area contributed by atoms with E-state index in [2.05, 4.69) is 10.3 Å². The Morgan fingerprint density at radius 1 is 1.21 bits per heavy atom. The number of hydrogen-bond donors (Lipinski definition) is 1. The molecule has 1 atom stereocenters. The van der Waals surface area contributed by atoms with Crippen molar-refractivity contribution in [3.8, 4) is 0 Å². The van der Waals surface area contributed by atoms with Crippen molar-refractivity contribution in [3.05, 3.63) is 58.1 Å². The van der Waals surface area contributed by atoms with E-state index < -0.39 is 0 Å². The summed E-state index contributed by atoms with van der Waals surface area (Å²) < 4.78 is 13.5. The van der Waals surface area contributed by atoms with Crippen LogP contribution in [0.3, 0.4) is 0 Å². The normalized spacial score (nSPS) is 12.3. The molecule has 0 radical (unpaired) electrons. The number of aromatic nitrogens is 1. The second-order valence-corrected chi connectivity index (χ2v) is 5.06. The molecule has 0 bridgehead atoms. The van der Waals surface area contributed by atoms with Gasteiger partial charge in [0.2, 0.25) is 0 Å². The Kier molecular flexibility index (Phi) is 4.05. The predicted molar refractivity (Wildman–Crippen MR) is 77.2 cm³/mol. The highest BCUT2D eigenvalue weighted by molar-refractivity contribution is 6.30. The fraction of sp³-hybridized carbons (Fsp3) is 0.267. The van der Waals surface area contributed by atoms with E-state index >= 15 is 0 Å². The fourth-order valence-corrected chi connectivity index (χ4v) is 1.95. The minimum absolute atomic E-state index is 0.00234. The largest absolute Gasteiger partial charge is 0.377 e. The van der Waals surface area contributed by atoms with Crippen LogP contribution < -0.4 is 5.32 Å². The molecule has 1 heterocycles. The maximum absolute atomic E-state index is 13.5. The van der Waals surface area contributed by atoms with Gasteiger partial charge in [0.25, 0.3) is 0 Å². The Hall–Kier alpha value is -1.61. The summed E-state index contributed by atoms with van der Waals surface area (Å²) in [6, 6.07) is 7.19. The molecule has 0 saturated heterocycles. The van der Waals surface area contributed by atoms with Crippen molar-refractivity contribution in [1.82, 2.24) is 4.98 Å². The van der Waals surface area contributed by atoms with E-state index in [4.69, 9.17) is 11.6 Å². The highest BCUT2D eigenvalue weighted by Crippen LogP contribution is 2.23. The van der Waals surface area contributed by atoms with Crippen molar-refractivity contribution in [2.24, 2.45) is 0 Å². The van der Waals surface area contributed by atoms with E-state index in [0.717, 1.165) is 16.8 Å². The van der Waals surface area contributed by atoms with E-state index in [1.54, 1.807) is 25.3 Å². The van der Waals surface area contributed by atoms with Crippen LogP contribution in [0.5, 0.6) is 0 Å². The lowest BCUT2D eigenvalue weighted by atomic mass is 10.1. The van der Waals surface area contributed by atoms with Crippen LogP contribution in [0, 0.1) is 19.7 Å². The van der Waals surface area contributed by atoms with Gasteiger partial charge in [-0.05, 0) is 49.6 Å². The van der Waals surface area contributed by atoms with E-state index in [-0.39, 0.29) is 11.9 Å². The molecule has 0 aliphatic rings. The molecule has 100 valence electrons. The zero-order valence-electron chi connectivity index (χ0n) is 11.2. The zero-order valence-corrected chi connectivity index (χ0v) is 11.9. The first-order chi connectivity index (χ1) is 8.97. The number of halogens is 2. The van der Waals surface area contributed by atoms with Gasteiger partial charge in [0, 0.05) is 6.04 Å². The highest BCUT2D eigenvalue weighted by atomic mass is 35.5. The van der Waals surface area contributed by atoms with E-state index in [1.165, 1.54) is 0 Å². The number of pyridine rings is 1. The lowest BCUT2D eigenvalue weighted by Crippen LogP contribution is -2.07. The van der Waals surface area contributed by atoms with Gasteiger partial charge in [0.05, 0.1) is 11.9 Å². The Balaban J connectivity index is 2.17. The van der Waals surface area contributed by atoms with Crippen LogP contribution in [-0.4, -0.2) is 4.98 Å². The fourth-order valence-electron chi connectivity index (χ4n) is 1.85. The molecule has 0 saturated carbocycles. The summed E-state index contributed by atoms with van der Waals surface area (Å²) in [5.74, 6) is -0.184. The molecule has 2 rings (SSSR count). The molecule has 1 N–H and O–H groups in total. The Morgan fingerprint density at radius 3 is 2.58 bits per heavy atom. The number of hydrogen-bond acceptors (Lipinski definition) is 2. The molecule has 4 heteroatoms. The molecule has 1 unspecified atom stereocenters. The summed E-state index contributed by atoms with van der Waals surface area (Å²) in [6.07, 6.45) is 1.68. The topological polar surface area (TPSA) is 24.9 Å². The third kappa shape index (κ3) is 3.24. The summed E-state index contributed by atoms with van der Waals surface area (Å²) in [5, 5.41) is 3.78. The summed E-state index contributed by atoms with van der Waals surface area (Å²) in [6.45, 7) is 5.63. The van der Waals surface area contributed by atoms with E-state index in [0.29, 0.717) is 10.7 Å². The molecular formula is C15H16ClFN2. The molecule has 0 spiro atoms. The van der Waals surface area contributed by atoms with Crippen molar-refractivity contribution >= 4 is 17.3 Å². The Labute approximate surface area is 117 Å². The van der Waals surface area contributed by atoms with Crippen LogP contribution in [0.15, 0.2) is 30.5 Å². The molecule has 19 heavy (non-hydrogen) atoms. The zero-order chi connectivity index (χ0) is 14.0. The van der Waals surface area contributed by atoms with Crippen LogP contribution >= 0.6 is 11.6 Å². The minimum Gasteiger partial charge on any atom is -0.377 e. The highest BCUT2D eigenvalue weighted by Gasteiger charge is 2.08. The van der Waals surface area contributed by atoms with Gasteiger partial charge in [0.1, 0.15) is 11.0 Å². The van der Waals surface area contributed by atoms with E-state index in [1.807, 2.05) is 26.0 Å². The summed E-state index contributed by atoms with van der Waals surface area (Å²) >= 11 is 5.88. The van der Waals surface area contributed by atoms with Crippen LogP contribution in [0.1, 0.15) is 29.7 Å². The molecule has 0 aliphatic carbocycles. The van der Waals surface area contributed by atoms with Gasteiger partial charge in [-0.2, -0.15) is 0 Å². The van der Waals surface area contributed by atoms with Gasteiger partial charge in [-0.1, -0.05) is 23.7 Å². The maximum atomic E-state index is 13.5.